The highest BCUT2D eigenvalue weighted by Gasteiger charge is 2.33. The number of rotatable bonds is 11. The highest BCUT2D eigenvalue weighted by molar-refractivity contribution is 7.10. The van der Waals surface area contributed by atoms with Crippen LogP contribution in [0.4, 0.5) is 5.69 Å². The maximum Gasteiger partial charge on any atom is 0.251 e. The molecule has 4 N–H and O–H groups in total. The van der Waals surface area contributed by atoms with Crippen LogP contribution in [0.2, 0.25) is 0 Å². The predicted molar refractivity (Wildman–Crippen MR) is 164 cm³/mol. The summed E-state index contributed by atoms with van der Waals surface area (Å²) in [5, 5.41) is 20.7. The van der Waals surface area contributed by atoms with Crippen molar-refractivity contribution in [1.29, 1.82) is 0 Å². The highest BCUT2D eigenvalue weighted by atomic mass is 32.1. The number of anilines is 1. The van der Waals surface area contributed by atoms with E-state index in [2.05, 4.69) is 16.0 Å². The quantitative estimate of drug-likeness (QED) is 0.273. The fraction of sp³-hybridized carbons (Fsp3) is 0.406. The standard InChI is InChI=1S/C32H40N4O4S/c1-5-33-30(39)25-9-7-6-8-24(25)23-12-10-22(11-13-23)20-36-27-16-17-41-28(27)15-14-26(31(36)40)35-29(38)18-32(3,4)34-19-21(2)37/h6-13,16-17,21,26,34,37H,5,14-15,18-20H2,1-4H3,(H,33,39)(H,35,38)/t21-,26-/m1/s1. The van der Waals surface area contributed by atoms with Crippen LogP contribution in [-0.2, 0) is 22.6 Å². The molecule has 3 amide bonds. The first-order chi connectivity index (χ1) is 19.6. The molecule has 0 unspecified atom stereocenters. The van der Waals surface area contributed by atoms with Gasteiger partial charge in [-0.15, -0.1) is 11.3 Å². The van der Waals surface area contributed by atoms with Gasteiger partial charge in [0.1, 0.15) is 6.04 Å². The molecule has 0 saturated carbocycles. The minimum Gasteiger partial charge on any atom is -0.392 e. The molecule has 0 fully saturated rings. The first-order valence-corrected chi connectivity index (χ1v) is 15.0. The summed E-state index contributed by atoms with van der Waals surface area (Å²) in [5.74, 6) is -0.440. The Bertz CT molecular complexity index is 1370. The Morgan fingerprint density at radius 3 is 2.56 bits per heavy atom. The normalized spacial score (nSPS) is 16.1. The molecular weight excluding hydrogens is 536 g/mol. The van der Waals surface area contributed by atoms with Crippen molar-refractivity contribution in [3.8, 4) is 11.1 Å². The molecule has 2 atom stereocenters. The topological polar surface area (TPSA) is 111 Å². The first-order valence-electron chi connectivity index (χ1n) is 14.1. The molecule has 8 nitrogen and oxygen atoms in total. The number of hydrogen-bond donors (Lipinski definition) is 4. The molecule has 4 rings (SSSR count). The second-order valence-corrected chi connectivity index (χ2v) is 12.2. The van der Waals surface area contributed by atoms with Gasteiger partial charge in [0.05, 0.1) is 18.3 Å². The molecule has 2 heterocycles. The van der Waals surface area contributed by atoms with Crippen LogP contribution < -0.4 is 20.9 Å². The van der Waals surface area contributed by atoms with Gasteiger partial charge in [-0.3, -0.25) is 14.4 Å². The van der Waals surface area contributed by atoms with Crippen molar-refractivity contribution in [3.63, 3.8) is 0 Å². The molecule has 0 aliphatic carbocycles. The number of carbonyl (C=O) groups excluding carboxylic acids is 3. The van der Waals surface area contributed by atoms with Crippen LogP contribution in [0.25, 0.3) is 11.1 Å². The predicted octanol–water partition coefficient (Wildman–Crippen LogP) is 4.27. The summed E-state index contributed by atoms with van der Waals surface area (Å²) >= 11 is 1.63. The van der Waals surface area contributed by atoms with Crippen LogP contribution >= 0.6 is 11.3 Å². The number of aliphatic hydroxyl groups is 1. The van der Waals surface area contributed by atoms with Crippen molar-refractivity contribution in [3.05, 3.63) is 76.0 Å². The Balaban J connectivity index is 1.50. The smallest absolute Gasteiger partial charge is 0.251 e. The van der Waals surface area contributed by atoms with E-state index in [1.165, 1.54) is 0 Å². The minimum absolute atomic E-state index is 0.109. The van der Waals surface area contributed by atoms with Gasteiger partial charge in [0.2, 0.25) is 11.8 Å². The summed E-state index contributed by atoms with van der Waals surface area (Å²) in [6.45, 7) is 8.71. The second-order valence-electron chi connectivity index (χ2n) is 11.2. The summed E-state index contributed by atoms with van der Waals surface area (Å²) in [5.41, 5.74) is 3.71. The Labute approximate surface area is 246 Å². The van der Waals surface area contributed by atoms with Gasteiger partial charge in [-0.25, -0.2) is 0 Å². The number of aliphatic hydroxyl groups excluding tert-OH is 1. The van der Waals surface area contributed by atoms with Crippen molar-refractivity contribution >= 4 is 34.7 Å². The maximum absolute atomic E-state index is 13.8. The van der Waals surface area contributed by atoms with Crippen LogP contribution in [0.5, 0.6) is 0 Å². The van der Waals surface area contributed by atoms with E-state index in [1.807, 2.05) is 80.7 Å². The number of benzene rings is 2. The SMILES string of the molecule is CCNC(=O)c1ccccc1-c1ccc(CN2C(=O)[C@H](NC(=O)CC(C)(C)NC[C@@H](C)O)CCc3sccc32)cc1. The molecule has 2 aromatic carbocycles. The largest absolute Gasteiger partial charge is 0.392 e. The molecule has 1 aliphatic heterocycles. The first kappa shape index (κ1) is 30.4. The van der Waals surface area contributed by atoms with Gasteiger partial charge < -0.3 is 26.0 Å². The van der Waals surface area contributed by atoms with Crippen molar-refractivity contribution in [2.24, 2.45) is 0 Å². The van der Waals surface area contributed by atoms with Gasteiger partial charge in [0.25, 0.3) is 5.91 Å². The molecule has 1 aliphatic rings. The number of nitrogens with one attached hydrogen (secondary N) is 3. The minimum atomic E-state index is -0.627. The third-order valence-electron chi connectivity index (χ3n) is 7.17. The number of amides is 3. The van der Waals surface area contributed by atoms with Crippen molar-refractivity contribution in [1.82, 2.24) is 16.0 Å². The average molecular weight is 577 g/mol. The number of fused-ring (bicyclic) bond motifs is 1. The van der Waals surface area contributed by atoms with E-state index < -0.39 is 17.7 Å². The van der Waals surface area contributed by atoms with Gasteiger partial charge in [-0.05, 0) is 74.7 Å². The summed E-state index contributed by atoms with van der Waals surface area (Å²) in [6.07, 6.45) is 0.910. The molecule has 9 heteroatoms. The van der Waals surface area contributed by atoms with E-state index in [1.54, 1.807) is 23.2 Å². The molecule has 0 bridgehead atoms. The monoisotopic (exact) mass is 576 g/mol. The lowest BCUT2D eigenvalue weighted by molar-refractivity contribution is -0.128. The zero-order valence-electron chi connectivity index (χ0n) is 24.2. The van der Waals surface area contributed by atoms with E-state index in [4.69, 9.17) is 0 Å². The zero-order chi connectivity index (χ0) is 29.6. The molecule has 0 spiro atoms. The van der Waals surface area contributed by atoms with Gasteiger partial charge in [-0.2, -0.15) is 0 Å². The van der Waals surface area contributed by atoms with E-state index in [0.717, 1.165) is 27.3 Å². The second kappa shape index (κ2) is 13.4. The van der Waals surface area contributed by atoms with Crippen molar-refractivity contribution < 1.29 is 19.5 Å². The average Bonchev–Trinajstić information content (AvgIpc) is 3.37. The lowest BCUT2D eigenvalue weighted by Crippen LogP contribution is -2.51. The Hall–Kier alpha value is -3.53. The third-order valence-corrected chi connectivity index (χ3v) is 8.14. The number of nitrogens with zero attached hydrogens (tertiary/aromatic N) is 1. The van der Waals surface area contributed by atoms with Crippen molar-refractivity contribution in [2.75, 3.05) is 18.0 Å². The molecule has 3 aromatic rings. The van der Waals surface area contributed by atoms with Crippen LogP contribution in [0, 0.1) is 0 Å². The van der Waals surface area contributed by atoms with E-state index >= 15 is 0 Å². The Morgan fingerprint density at radius 2 is 1.85 bits per heavy atom. The summed E-state index contributed by atoms with van der Waals surface area (Å²) in [6, 6.07) is 16.8. The van der Waals surface area contributed by atoms with Crippen LogP contribution in [-0.4, -0.2) is 53.6 Å². The van der Waals surface area contributed by atoms with E-state index in [-0.39, 0.29) is 24.1 Å². The van der Waals surface area contributed by atoms with Gasteiger partial charge in [0, 0.05) is 35.5 Å². The molecule has 1 aromatic heterocycles. The van der Waals surface area contributed by atoms with Gasteiger partial charge >= 0.3 is 0 Å². The van der Waals surface area contributed by atoms with Crippen molar-refractivity contribution in [2.45, 2.75) is 71.2 Å². The number of β-amino-alcohol motifs (C(OH)–C–C–N with tert-alkyl or cyclic N) is 1. The zero-order valence-corrected chi connectivity index (χ0v) is 25.0. The lowest BCUT2D eigenvalue weighted by atomic mass is 9.98. The molecular formula is C32H40N4O4S. The molecule has 41 heavy (non-hydrogen) atoms. The van der Waals surface area contributed by atoms with Gasteiger partial charge in [0.15, 0.2) is 0 Å². The fourth-order valence-electron chi connectivity index (χ4n) is 5.06. The molecule has 0 saturated heterocycles. The van der Waals surface area contributed by atoms with E-state index in [9.17, 15) is 19.5 Å². The number of hydrogen-bond acceptors (Lipinski definition) is 6. The van der Waals surface area contributed by atoms with Gasteiger partial charge in [-0.1, -0.05) is 42.5 Å². The van der Waals surface area contributed by atoms with E-state index in [0.29, 0.717) is 38.0 Å². The highest BCUT2D eigenvalue weighted by Crippen LogP contribution is 2.33. The Kier molecular flexibility index (Phi) is 9.96. The lowest BCUT2D eigenvalue weighted by Gasteiger charge is -2.29. The molecule has 0 radical (unpaired) electrons. The van der Waals surface area contributed by atoms with Crippen LogP contribution in [0.1, 0.15) is 61.3 Å². The van der Waals surface area contributed by atoms with Crippen LogP contribution in [0.3, 0.4) is 0 Å². The maximum atomic E-state index is 13.8. The summed E-state index contributed by atoms with van der Waals surface area (Å²) < 4.78 is 0. The fourth-order valence-corrected chi connectivity index (χ4v) is 5.95. The summed E-state index contributed by atoms with van der Waals surface area (Å²) in [4.78, 5) is 42.3. The number of thiophene rings is 1. The number of carbonyl (C=O) groups is 3. The van der Waals surface area contributed by atoms with Crippen LogP contribution in [0.15, 0.2) is 60.0 Å². The third kappa shape index (κ3) is 7.81. The molecule has 218 valence electrons. The Morgan fingerprint density at radius 1 is 1.12 bits per heavy atom. The number of aryl methyl sites for hydroxylation is 1. The summed E-state index contributed by atoms with van der Waals surface area (Å²) in [7, 11) is 0.